The molecule has 0 bridgehead atoms. The van der Waals surface area contributed by atoms with Gasteiger partial charge in [-0.2, -0.15) is 0 Å². The molecule has 47 heavy (non-hydrogen) atoms. The zero-order valence-electron chi connectivity index (χ0n) is 27.1. The van der Waals surface area contributed by atoms with Crippen molar-refractivity contribution in [3.63, 3.8) is 0 Å². The molecule has 2 aromatic carbocycles. The number of carbonyl (C=O) groups is 3. The van der Waals surface area contributed by atoms with Crippen LogP contribution in [0.1, 0.15) is 61.0 Å². The predicted octanol–water partition coefficient (Wildman–Crippen LogP) is 5.78. The topological polar surface area (TPSA) is 118 Å². The molecule has 2 heterocycles. The fourth-order valence-electron chi connectivity index (χ4n) is 5.48. The highest BCUT2D eigenvalue weighted by atomic mass is 19.4. The van der Waals surface area contributed by atoms with Crippen molar-refractivity contribution in [1.29, 1.82) is 0 Å². The number of ether oxygens (including phenoxy) is 5. The number of piperidine rings is 1. The van der Waals surface area contributed by atoms with E-state index in [1.165, 1.54) is 26.4 Å². The van der Waals surface area contributed by atoms with Gasteiger partial charge in [0.2, 0.25) is 0 Å². The molecule has 0 unspecified atom stereocenters. The van der Waals surface area contributed by atoms with Crippen LogP contribution >= 0.6 is 0 Å². The number of amides is 2. The second-order valence-electron chi connectivity index (χ2n) is 12.1. The lowest BCUT2D eigenvalue weighted by Gasteiger charge is -2.33. The number of halogens is 3. The van der Waals surface area contributed by atoms with Crippen molar-refractivity contribution in [2.45, 2.75) is 64.6 Å². The van der Waals surface area contributed by atoms with E-state index in [1.807, 2.05) is 6.07 Å². The smallest absolute Gasteiger partial charge is 0.482 e. The molecule has 1 aliphatic heterocycles. The van der Waals surface area contributed by atoms with Crippen LogP contribution in [0.5, 0.6) is 11.5 Å². The van der Waals surface area contributed by atoms with E-state index < -0.39 is 29.8 Å². The second kappa shape index (κ2) is 15.0. The van der Waals surface area contributed by atoms with Gasteiger partial charge in [0.25, 0.3) is 5.91 Å². The third-order valence-electron chi connectivity index (χ3n) is 7.56. The summed E-state index contributed by atoms with van der Waals surface area (Å²) >= 11 is 0. The van der Waals surface area contributed by atoms with Crippen molar-refractivity contribution in [3.05, 3.63) is 59.3 Å². The number of benzene rings is 2. The van der Waals surface area contributed by atoms with Crippen LogP contribution < -0.4 is 14.8 Å². The van der Waals surface area contributed by atoms with Gasteiger partial charge in [0.15, 0.2) is 12.4 Å². The summed E-state index contributed by atoms with van der Waals surface area (Å²) in [4.78, 5) is 39.5. The molecule has 0 aliphatic carbocycles. The van der Waals surface area contributed by atoms with Gasteiger partial charge in [-0.3, -0.25) is 4.79 Å². The van der Waals surface area contributed by atoms with Crippen molar-refractivity contribution in [3.8, 4) is 11.5 Å². The van der Waals surface area contributed by atoms with Gasteiger partial charge in [0.1, 0.15) is 11.4 Å². The highest BCUT2D eigenvalue weighted by Crippen LogP contribution is 2.37. The number of rotatable bonds is 11. The summed E-state index contributed by atoms with van der Waals surface area (Å²) in [5, 5.41) is 3.09. The summed E-state index contributed by atoms with van der Waals surface area (Å²) in [6.07, 6.45) is -2.82. The molecule has 1 aromatic heterocycles. The summed E-state index contributed by atoms with van der Waals surface area (Å²) in [7, 11) is 2.75. The number of hydrogen-bond acceptors (Lipinski definition) is 8. The molecule has 3 aromatic rings. The lowest BCUT2D eigenvalue weighted by Crippen LogP contribution is -2.38. The molecule has 0 atom stereocenters. The van der Waals surface area contributed by atoms with Gasteiger partial charge in [0, 0.05) is 44.9 Å². The van der Waals surface area contributed by atoms with Crippen LogP contribution in [-0.4, -0.2) is 79.9 Å². The SMILES string of the molecule is COCCn1cc(C(=O)N2CCC(c3cc(CNC(=O)OC(C)(C)C)ccc3OCC(=O)OC)CC2)c2cccc(OC(F)(F)F)c21. The van der Waals surface area contributed by atoms with Crippen LogP contribution in [0.15, 0.2) is 42.6 Å². The number of fused-ring (bicyclic) bond motifs is 1. The Morgan fingerprint density at radius 1 is 1.00 bits per heavy atom. The second-order valence-corrected chi connectivity index (χ2v) is 12.1. The molecule has 1 fully saturated rings. The first-order valence-electron chi connectivity index (χ1n) is 15.1. The Balaban J connectivity index is 1.54. The van der Waals surface area contributed by atoms with Crippen molar-refractivity contribution >= 4 is 28.9 Å². The van der Waals surface area contributed by atoms with Crippen LogP contribution in [0.3, 0.4) is 0 Å². The molecule has 2 amide bonds. The number of aromatic nitrogens is 1. The first-order valence-corrected chi connectivity index (χ1v) is 15.1. The number of nitrogens with one attached hydrogen (secondary N) is 1. The average molecular weight is 664 g/mol. The van der Waals surface area contributed by atoms with Gasteiger partial charge >= 0.3 is 18.4 Å². The Kier molecular flexibility index (Phi) is 11.3. The lowest BCUT2D eigenvalue weighted by molar-refractivity contribution is -0.274. The Morgan fingerprint density at radius 3 is 2.36 bits per heavy atom. The van der Waals surface area contributed by atoms with Crippen molar-refractivity contribution in [1.82, 2.24) is 14.8 Å². The molecule has 14 heteroatoms. The minimum Gasteiger partial charge on any atom is -0.482 e. The molecule has 256 valence electrons. The fourth-order valence-corrected chi connectivity index (χ4v) is 5.48. The van der Waals surface area contributed by atoms with Gasteiger partial charge in [0.05, 0.1) is 24.8 Å². The fraction of sp³-hybridized carbons (Fsp3) is 0.485. The number of carbonyl (C=O) groups excluding carboxylic acids is 3. The van der Waals surface area contributed by atoms with Gasteiger partial charge in [-0.25, -0.2) is 9.59 Å². The minimum absolute atomic E-state index is 0.0528. The summed E-state index contributed by atoms with van der Waals surface area (Å²) in [5.41, 5.74) is 1.37. The van der Waals surface area contributed by atoms with E-state index in [9.17, 15) is 27.6 Å². The monoisotopic (exact) mass is 663 g/mol. The van der Waals surface area contributed by atoms with E-state index in [-0.39, 0.29) is 49.2 Å². The van der Waals surface area contributed by atoms with Gasteiger partial charge in [-0.15, -0.1) is 13.2 Å². The van der Waals surface area contributed by atoms with Gasteiger partial charge in [-0.1, -0.05) is 24.3 Å². The molecule has 0 saturated carbocycles. The van der Waals surface area contributed by atoms with Crippen LogP contribution in [0, 0.1) is 0 Å². The zero-order chi connectivity index (χ0) is 34.4. The van der Waals surface area contributed by atoms with E-state index in [1.54, 1.807) is 54.6 Å². The first kappa shape index (κ1) is 35.4. The highest BCUT2D eigenvalue weighted by Gasteiger charge is 2.34. The number of methoxy groups -OCH3 is 2. The predicted molar refractivity (Wildman–Crippen MR) is 165 cm³/mol. The normalized spacial score (nSPS) is 14.2. The molecule has 0 spiro atoms. The quantitative estimate of drug-likeness (QED) is 0.257. The number of esters is 1. The molecule has 11 nitrogen and oxygen atoms in total. The van der Waals surface area contributed by atoms with Crippen LogP contribution in [0.2, 0.25) is 0 Å². The van der Waals surface area contributed by atoms with Crippen LogP contribution in [-0.2, 0) is 32.1 Å². The largest absolute Gasteiger partial charge is 0.573 e. The van der Waals surface area contributed by atoms with Crippen molar-refractivity contribution in [2.75, 3.05) is 40.5 Å². The van der Waals surface area contributed by atoms with Crippen LogP contribution in [0.25, 0.3) is 10.9 Å². The number of para-hydroxylation sites is 1. The molecule has 4 rings (SSSR count). The number of alkyl halides is 3. The maximum atomic E-state index is 13.8. The number of hydrogen-bond donors (Lipinski definition) is 1. The standard InChI is InChI=1S/C33H40F3N3O8/c1-32(2,3)47-31(42)37-18-21-9-10-26(45-20-28(40)44-5)24(17-21)22-11-13-38(14-12-22)30(41)25-19-39(15-16-43-4)29-23(25)7-6-8-27(29)46-33(34,35)36/h6-10,17,19,22H,11-16,18,20H2,1-5H3,(H,37,42). The van der Waals surface area contributed by atoms with E-state index in [0.29, 0.717) is 37.1 Å². The Bertz CT molecular complexity index is 1570. The van der Waals surface area contributed by atoms with Crippen LogP contribution in [0.4, 0.5) is 18.0 Å². The highest BCUT2D eigenvalue weighted by molar-refractivity contribution is 6.08. The summed E-state index contributed by atoms with van der Waals surface area (Å²) < 4.78 is 66.4. The van der Waals surface area contributed by atoms with E-state index >= 15 is 0 Å². The maximum Gasteiger partial charge on any atom is 0.573 e. The lowest BCUT2D eigenvalue weighted by atomic mass is 9.87. The maximum absolute atomic E-state index is 13.8. The molecule has 0 radical (unpaired) electrons. The first-order chi connectivity index (χ1) is 22.2. The Hall–Kier alpha value is -4.46. The van der Waals surface area contributed by atoms with Gasteiger partial charge in [-0.05, 0) is 62.8 Å². The molecule has 1 aliphatic rings. The van der Waals surface area contributed by atoms with E-state index in [4.69, 9.17) is 18.9 Å². The number of likely N-dealkylation sites (tertiary alicyclic amines) is 1. The van der Waals surface area contributed by atoms with E-state index in [2.05, 4.69) is 10.1 Å². The average Bonchev–Trinajstić information content (AvgIpc) is 3.39. The summed E-state index contributed by atoms with van der Waals surface area (Å²) in [6, 6.07) is 9.66. The Morgan fingerprint density at radius 2 is 1.72 bits per heavy atom. The Labute approximate surface area is 270 Å². The third-order valence-corrected chi connectivity index (χ3v) is 7.56. The van der Waals surface area contributed by atoms with Gasteiger partial charge < -0.3 is 38.5 Å². The zero-order valence-corrected chi connectivity index (χ0v) is 27.1. The summed E-state index contributed by atoms with van der Waals surface area (Å²) in [6.45, 7) is 6.39. The third kappa shape index (κ3) is 9.53. The molecular formula is C33H40F3N3O8. The number of alkyl carbamates (subject to hydrolysis) is 1. The molecule has 1 N–H and O–H groups in total. The summed E-state index contributed by atoms with van der Waals surface area (Å²) in [5.74, 6) is -0.821. The van der Waals surface area contributed by atoms with Crippen molar-refractivity contribution < 1.29 is 51.2 Å². The molecular weight excluding hydrogens is 623 g/mol. The molecule has 1 saturated heterocycles. The minimum atomic E-state index is -4.90. The van der Waals surface area contributed by atoms with Crippen molar-refractivity contribution in [2.24, 2.45) is 0 Å². The number of nitrogens with zero attached hydrogens (tertiary/aromatic N) is 2. The van der Waals surface area contributed by atoms with E-state index in [0.717, 1.165) is 11.1 Å².